The summed E-state index contributed by atoms with van der Waals surface area (Å²) in [6.45, 7) is 8.36. The minimum absolute atomic E-state index is 0.393. The SMILES string of the molecule is C=C1COC(C(C)C)=N1. The van der Waals surface area contributed by atoms with Crippen molar-refractivity contribution < 1.29 is 4.74 Å². The van der Waals surface area contributed by atoms with E-state index in [1.807, 2.05) is 0 Å². The van der Waals surface area contributed by atoms with Crippen molar-refractivity contribution in [3.05, 3.63) is 12.3 Å². The molecule has 9 heavy (non-hydrogen) atoms. The molecule has 1 heterocycles. The Morgan fingerprint density at radius 1 is 1.67 bits per heavy atom. The van der Waals surface area contributed by atoms with Gasteiger partial charge < -0.3 is 4.74 Å². The van der Waals surface area contributed by atoms with Crippen molar-refractivity contribution in [3.8, 4) is 0 Å². The Balaban J connectivity index is 2.62. The topological polar surface area (TPSA) is 21.6 Å². The van der Waals surface area contributed by atoms with Crippen LogP contribution in [0.2, 0.25) is 0 Å². The summed E-state index contributed by atoms with van der Waals surface area (Å²) in [7, 11) is 0. The molecule has 0 aromatic rings. The Morgan fingerprint density at radius 3 is 2.56 bits per heavy atom. The molecule has 0 radical (unpaired) electrons. The third-order valence-electron chi connectivity index (χ3n) is 1.15. The van der Waals surface area contributed by atoms with E-state index >= 15 is 0 Å². The molecular formula is C7H11NO. The zero-order valence-electron chi connectivity index (χ0n) is 5.85. The third-order valence-corrected chi connectivity index (χ3v) is 1.15. The Hall–Kier alpha value is -0.790. The van der Waals surface area contributed by atoms with Crippen LogP contribution in [0.3, 0.4) is 0 Å². The average Bonchev–Trinajstić information content (AvgIpc) is 2.14. The molecule has 0 amide bonds. The van der Waals surface area contributed by atoms with Gasteiger partial charge in [0, 0.05) is 5.92 Å². The van der Waals surface area contributed by atoms with Gasteiger partial charge in [-0.25, -0.2) is 4.99 Å². The van der Waals surface area contributed by atoms with E-state index < -0.39 is 0 Å². The fraction of sp³-hybridized carbons (Fsp3) is 0.571. The second kappa shape index (κ2) is 2.21. The fourth-order valence-corrected chi connectivity index (χ4v) is 0.673. The molecule has 0 spiro atoms. The molecule has 0 bridgehead atoms. The van der Waals surface area contributed by atoms with Gasteiger partial charge in [-0.2, -0.15) is 0 Å². The highest BCUT2D eigenvalue weighted by atomic mass is 16.5. The number of nitrogens with zero attached hydrogens (tertiary/aromatic N) is 1. The maximum Gasteiger partial charge on any atom is 0.191 e. The highest BCUT2D eigenvalue weighted by molar-refractivity contribution is 5.80. The molecule has 1 rings (SSSR count). The van der Waals surface area contributed by atoms with Crippen molar-refractivity contribution >= 4 is 5.90 Å². The van der Waals surface area contributed by atoms with E-state index in [0.717, 1.165) is 11.6 Å². The summed E-state index contributed by atoms with van der Waals surface area (Å²) >= 11 is 0. The summed E-state index contributed by atoms with van der Waals surface area (Å²) in [6.07, 6.45) is 0. The summed E-state index contributed by atoms with van der Waals surface area (Å²) in [6, 6.07) is 0. The van der Waals surface area contributed by atoms with Crippen LogP contribution in [0.25, 0.3) is 0 Å². The second-order valence-corrected chi connectivity index (χ2v) is 2.46. The highest BCUT2D eigenvalue weighted by Crippen LogP contribution is 2.11. The van der Waals surface area contributed by atoms with Crippen LogP contribution in [0.15, 0.2) is 17.3 Å². The number of ether oxygens (including phenoxy) is 1. The second-order valence-electron chi connectivity index (χ2n) is 2.46. The van der Waals surface area contributed by atoms with Gasteiger partial charge in [-0.1, -0.05) is 20.4 Å². The minimum atomic E-state index is 0.393. The van der Waals surface area contributed by atoms with E-state index in [4.69, 9.17) is 4.74 Å². The lowest BCUT2D eigenvalue weighted by molar-refractivity contribution is 0.342. The lowest BCUT2D eigenvalue weighted by Gasteiger charge is -2.01. The van der Waals surface area contributed by atoms with E-state index in [0.29, 0.717) is 12.5 Å². The van der Waals surface area contributed by atoms with Crippen molar-refractivity contribution in [1.29, 1.82) is 0 Å². The third kappa shape index (κ3) is 1.31. The molecule has 0 aliphatic carbocycles. The first-order valence-corrected chi connectivity index (χ1v) is 3.09. The predicted molar refractivity (Wildman–Crippen MR) is 37.4 cm³/mol. The van der Waals surface area contributed by atoms with Crippen LogP contribution >= 0.6 is 0 Å². The van der Waals surface area contributed by atoms with Crippen molar-refractivity contribution in [2.75, 3.05) is 6.61 Å². The molecule has 1 aliphatic rings. The Labute approximate surface area is 55.2 Å². The van der Waals surface area contributed by atoms with E-state index in [-0.39, 0.29) is 0 Å². The first kappa shape index (κ1) is 6.33. The van der Waals surface area contributed by atoms with Crippen LogP contribution in [-0.2, 0) is 4.74 Å². The minimum Gasteiger partial charge on any atom is -0.474 e. The number of aliphatic imine (C=N–C) groups is 1. The standard InChI is InChI=1S/C7H11NO/c1-5(2)7-8-6(3)4-9-7/h5H,3-4H2,1-2H3. The highest BCUT2D eigenvalue weighted by Gasteiger charge is 2.12. The van der Waals surface area contributed by atoms with Crippen LogP contribution in [0, 0.1) is 5.92 Å². The Morgan fingerprint density at radius 2 is 2.33 bits per heavy atom. The van der Waals surface area contributed by atoms with Gasteiger partial charge in [0.25, 0.3) is 0 Å². The smallest absolute Gasteiger partial charge is 0.191 e. The lowest BCUT2D eigenvalue weighted by Crippen LogP contribution is -2.06. The molecule has 0 atom stereocenters. The van der Waals surface area contributed by atoms with Crippen molar-refractivity contribution in [1.82, 2.24) is 0 Å². The van der Waals surface area contributed by atoms with E-state index in [2.05, 4.69) is 25.4 Å². The van der Waals surface area contributed by atoms with Crippen LogP contribution in [0.1, 0.15) is 13.8 Å². The zero-order valence-corrected chi connectivity index (χ0v) is 5.85. The van der Waals surface area contributed by atoms with E-state index in [1.165, 1.54) is 0 Å². The maximum absolute atomic E-state index is 5.18. The van der Waals surface area contributed by atoms with Gasteiger partial charge in [0.2, 0.25) is 0 Å². The van der Waals surface area contributed by atoms with Crippen LogP contribution in [0.4, 0.5) is 0 Å². The number of rotatable bonds is 1. The first-order chi connectivity index (χ1) is 4.20. The fourth-order valence-electron chi connectivity index (χ4n) is 0.673. The summed E-state index contributed by atoms with van der Waals surface area (Å²) in [4.78, 5) is 4.09. The van der Waals surface area contributed by atoms with Crippen LogP contribution in [0.5, 0.6) is 0 Å². The molecule has 1 aliphatic heterocycles. The van der Waals surface area contributed by atoms with Gasteiger partial charge in [0.05, 0.1) is 5.70 Å². The van der Waals surface area contributed by atoms with Crippen molar-refractivity contribution in [3.63, 3.8) is 0 Å². The molecule has 0 aromatic carbocycles. The molecule has 0 unspecified atom stereocenters. The van der Waals surface area contributed by atoms with Gasteiger partial charge in [-0.3, -0.25) is 0 Å². The molecule has 0 N–H and O–H groups in total. The van der Waals surface area contributed by atoms with Gasteiger partial charge in [0.15, 0.2) is 5.90 Å². The van der Waals surface area contributed by atoms with Crippen molar-refractivity contribution in [2.24, 2.45) is 10.9 Å². The molecule has 0 saturated heterocycles. The van der Waals surface area contributed by atoms with Gasteiger partial charge >= 0.3 is 0 Å². The summed E-state index contributed by atoms with van der Waals surface area (Å²) in [5.41, 5.74) is 0.832. The first-order valence-electron chi connectivity index (χ1n) is 3.09. The summed E-state index contributed by atoms with van der Waals surface area (Å²) in [5.74, 6) is 1.21. The van der Waals surface area contributed by atoms with Crippen LogP contribution in [-0.4, -0.2) is 12.5 Å². The van der Waals surface area contributed by atoms with Gasteiger partial charge in [0.1, 0.15) is 6.61 Å². The van der Waals surface area contributed by atoms with Gasteiger partial charge in [-0.05, 0) is 0 Å². The quantitative estimate of drug-likeness (QED) is 0.521. The number of hydrogen-bond acceptors (Lipinski definition) is 2. The molecule has 0 aromatic heterocycles. The molecular weight excluding hydrogens is 114 g/mol. The van der Waals surface area contributed by atoms with E-state index in [9.17, 15) is 0 Å². The lowest BCUT2D eigenvalue weighted by atomic mass is 10.2. The largest absolute Gasteiger partial charge is 0.474 e. The zero-order chi connectivity index (χ0) is 6.85. The molecule has 2 nitrogen and oxygen atoms in total. The summed E-state index contributed by atoms with van der Waals surface area (Å²) < 4.78 is 5.18. The molecule has 0 saturated carbocycles. The van der Waals surface area contributed by atoms with Crippen molar-refractivity contribution in [2.45, 2.75) is 13.8 Å². The monoisotopic (exact) mass is 125 g/mol. The van der Waals surface area contributed by atoms with Crippen LogP contribution < -0.4 is 0 Å². The summed E-state index contributed by atoms with van der Waals surface area (Å²) in [5, 5.41) is 0. The molecule has 50 valence electrons. The molecule has 0 fully saturated rings. The molecule has 2 heteroatoms. The Kier molecular flexibility index (Phi) is 1.56. The normalized spacial score (nSPS) is 18.1. The number of hydrogen-bond donors (Lipinski definition) is 0. The Bertz CT molecular complexity index is 158. The van der Waals surface area contributed by atoms with Gasteiger partial charge in [-0.15, -0.1) is 0 Å². The average molecular weight is 125 g/mol. The maximum atomic E-state index is 5.18. The van der Waals surface area contributed by atoms with E-state index in [1.54, 1.807) is 0 Å². The predicted octanol–water partition coefficient (Wildman–Crippen LogP) is 1.58.